The van der Waals surface area contributed by atoms with Crippen molar-refractivity contribution in [2.75, 3.05) is 4.31 Å². The highest BCUT2D eigenvalue weighted by molar-refractivity contribution is 7.92. The smallest absolute Gasteiger partial charge is 0.264 e. The Hall–Kier alpha value is -3.90. The molecule has 5 nitrogen and oxygen atoms in total. The molecule has 0 saturated heterocycles. The normalized spacial score (nSPS) is 12.1. The zero-order valence-corrected chi connectivity index (χ0v) is 22.4. The van der Waals surface area contributed by atoms with E-state index < -0.39 is 10.0 Å². The van der Waals surface area contributed by atoms with Gasteiger partial charge in [-0.1, -0.05) is 83.9 Å². The first kappa shape index (κ1) is 26.2. The monoisotopic (exact) mass is 512 g/mol. The van der Waals surface area contributed by atoms with Crippen molar-refractivity contribution in [2.24, 2.45) is 0 Å². The number of aryl methyl sites for hydroxylation is 3. The summed E-state index contributed by atoms with van der Waals surface area (Å²) in [7, 11) is -3.96. The molecule has 0 aliphatic heterocycles. The van der Waals surface area contributed by atoms with Crippen LogP contribution in [-0.2, 0) is 16.6 Å². The van der Waals surface area contributed by atoms with Crippen molar-refractivity contribution in [3.8, 4) is 0 Å². The predicted molar refractivity (Wildman–Crippen MR) is 149 cm³/mol. The van der Waals surface area contributed by atoms with Gasteiger partial charge in [0.05, 0.1) is 28.7 Å². The van der Waals surface area contributed by atoms with Crippen LogP contribution in [0.4, 0.5) is 5.69 Å². The Balaban J connectivity index is 1.74. The second-order valence-corrected chi connectivity index (χ2v) is 11.2. The van der Waals surface area contributed by atoms with Crippen LogP contribution in [0.15, 0.2) is 102 Å². The van der Waals surface area contributed by atoms with Gasteiger partial charge in [-0.2, -0.15) is 0 Å². The van der Waals surface area contributed by atoms with Crippen molar-refractivity contribution in [3.63, 3.8) is 0 Å². The lowest BCUT2D eigenvalue weighted by Gasteiger charge is -2.27. The summed E-state index contributed by atoms with van der Waals surface area (Å²) in [6, 6.07) is 28.9. The predicted octanol–water partition coefficient (Wildman–Crippen LogP) is 6.50. The van der Waals surface area contributed by atoms with E-state index in [2.05, 4.69) is 11.4 Å². The third kappa shape index (κ3) is 5.92. The highest BCUT2D eigenvalue weighted by atomic mass is 32.2. The zero-order chi connectivity index (χ0) is 26.6. The van der Waals surface area contributed by atoms with Crippen LogP contribution < -0.4 is 9.62 Å². The van der Waals surface area contributed by atoms with E-state index >= 15 is 0 Å². The standard InChI is InChI=1S/C31H32N2O3S/c1-22-14-17-27(18-15-22)37(35,36)33(21-26-10-6-5-7-11-26)30-13-9-8-12-29(30)31(34)32-25(4)28-19-16-23(2)20-24(28)3/h5-20,25H,21H2,1-4H3,(H,32,34)/t25-/m1/s1. The van der Waals surface area contributed by atoms with Gasteiger partial charge in [0.1, 0.15) is 0 Å². The van der Waals surface area contributed by atoms with Crippen molar-refractivity contribution in [1.29, 1.82) is 0 Å². The fourth-order valence-corrected chi connectivity index (χ4v) is 5.90. The summed E-state index contributed by atoms with van der Waals surface area (Å²) in [6.07, 6.45) is 0. The number of rotatable bonds is 8. The van der Waals surface area contributed by atoms with Crippen molar-refractivity contribution in [3.05, 3.63) is 130 Å². The SMILES string of the molecule is Cc1ccc(S(=O)(=O)N(Cc2ccccc2)c2ccccc2C(=O)N[C@H](C)c2ccc(C)cc2C)cc1. The Kier molecular flexibility index (Phi) is 7.79. The Morgan fingerprint density at radius 1 is 0.811 bits per heavy atom. The van der Waals surface area contributed by atoms with E-state index in [-0.39, 0.29) is 23.4 Å². The molecule has 0 heterocycles. The second kappa shape index (κ2) is 11.0. The lowest BCUT2D eigenvalue weighted by molar-refractivity contribution is 0.0940. The molecule has 4 aromatic rings. The average Bonchev–Trinajstić information content (AvgIpc) is 2.88. The first-order chi connectivity index (χ1) is 17.7. The highest BCUT2D eigenvalue weighted by Gasteiger charge is 2.29. The largest absolute Gasteiger partial charge is 0.345 e. The molecule has 0 radical (unpaired) electrons. The summed E-state index contributed by atoms with van der Waals surface area (Å²) in [5.41, 5.74) is 5.68. The van der Waals surface area contributed by atoms with E-state index in [0.717, 1.165) is 27.8 Å². The molecule has 1 atom stereocenters. The molecular formula is C31H32N2O3S. The van der Waals surface area contributed by atoms with Crippen LogP contribution in [0.1, 0.15) is 51.1 Å². The lowest BCUT2D eigenvalue weighted by atomic mass is 10.00. The van der Waals surface area contributed by atoms with Gasteiger partial charge >= 0.3 is 0 Å². The minimum Gasteiger partial charge on any atom is -0.345 e. The quantitative estimate of drug-likeness (QED) is 0.293. The van der Waals surface area contributed by atoms with Crippen LogP contribution in [0.25, 0.3) is 0 Å². The van der Waals surface area contributed by atoms with Crippen LogP contribution in [0.2, 0.25) is 0 Å². The maximum Gasteiger partial charge on any atom is 0.264 e. The van der Waals surface area contributed by atoms with Crippen molar-refractivity contribution in [1.82, 2.24) is 5.32 Å². The number of para-hydroxylation sites is 1. The van der Waals surface area contributed by atoms with E-state index in [9.17, 15) is 13.2 Å². The van der Waals surface area contributed by atoms with Gasteiger partial charge < -0.3 is 5.32 Å². The number of benzene rings is 4. The number of nitrogens with one attached hydrogen (secondary N) is 1. The number of amides is 1. The van der Waals surface area contributed by atoms with Crippen LogP contribution >= 0.6 is 0 Å². The third-order valence-corrected chi connectivity index (χ3v) is 8.21. The van der Waals surface area contributed by atoms with Gasteiger partial charge in [0.2, 0.25) is 0 Å². The molecule has 0 fully saturated rings. The molecular weight excluding hydrogens is 480 g/mol. The molecule has 190 valence electrons. The van der Waals surface area contributed by atoms with Gasteiger partial charge in [-0.05, 0) is 68.7 Å². The summed E-state index contributed by atoms with van der Waals surface area (Å²) in [5.74, 6) is -0.333. The van der Waals surface area contributed by atoms with E-state index in [4.69, 9.17) is 0 Å². The van der Waals surface area contributed by atoms with Gasteiger partial charge in [0.15, 0.2) is 0 Å². The number of sulfonamides is 1. The zero-order valence-electron chi connectivity index (χ0n) is 21.6. The van der Waals surface area contributed by atoms with E-state index in [1.54, 1.807) is 48.5 Å². The van der Waals surface area contributed by atoms with Crippen LogP contribution in [0.5, 0.6) is 0 Å². The number of hydrogen-bond donors (Lipinski definition) is 1. The number of carbonyl (C=O) groups is 1. The summed E-state index contributed by atoms with van der Waals surface area (Å²) in [5, 5.41) is 3.07. The minimum atomic E-state index is -3.96. The van der Waals surface area contributed by atoms with Gasteiger partial charge in [-0.15, -0.1) is 0 Å². The minimum absolute atomic E-state index is 0.0912. The van der Waals surface area contributed by atoms with Gasteiger partial charge in [0.25, 0.3) is 15.9 Å². The summed E-state index contributed by atoms with van der Waals surface area (Å²) in [4.78, 5) is 13.7. The van der Waals surface area contributed by atoms with E-state index in [0.29, 0.717) is 11.3 Å². The number of carbonyl (C=O) groups excluding carboxylic acids is 1. The third-order valence-electron chi connectivity index (χ3n) is 6.43. The molecule has 1 N–H and O–H groups in total. The Morgan fingerprint density at radius 3 is 2.11 bits per heavy atom. The molecule has 6 heteroatoms. The first-order valence-corrected chi connectivity index (χ1v) is 13.7. The summed E-state index contributed by atoms with van der Waals surface area (Å²) < 4.78 is 29.2. The molecule has 0 aromatic heterocycles. The summed E-state index contributed by atoms with van der Waals surface area (Å²) >= 11 is 0. The maximum absolute atomic E-state index is 13.9. The number of anilines is 1. The number of nitrogens with zero attached hydrogens (tertiary/aromatic N) is 1. The Labute approximate surface area is 219 Å². The van der Waals surface area contributed by atoms with Crippen molar-refractivity contribution >= 4 is 21.6 Å². The van der Waals surface area contributed by atoms with Crippen LogP contribution in [0, 0.1) is 20.8 Å². The maximum atomic E-state index is 13.9. The second-order valence-electron chi connectivity index (χ2n) is 9.38. The lowest BCUT2D eigenvalue weighted by Crippen LogP contribution is -2.34. The first-order valence-electron chi connectivity index (χ1n) is 12.3. The fraction of sp³-hybridized carbons (Fsp3) is 0.194. The molecule has 1 amide bonds. The Morgan fingerprint density at radius 2 is 1.43 bits per heavy atom. The number of hydrogen-bond acceptors (Lipinski definition) is 3. The Bertz CT molecular complexity index is 1500. The topological polar surface area (TPSA) is 66.5 Å². The van der Waals surface area contributed by atoms with Crippen molar-refractivity contribution < 1.29 is 13.2 Å². The highest BCUT2D eigenvalue weighted by Crippen LogP contribution is 2.30. The molecule has 0 aliphatic rings. The molecule has 4 rings (SSSR count). The molecule has 0 spiro atoms. The van der Waals surface area contributed by atoms with E-state index in [1.165, 1.54) is 4.31 Å². The molecule has 37 heavy (non-hydrogen) atoms. The van der Waals surface area contributed by atoms with E-state index in [1.807, 2.05) is 70.2 Å². The van der Waals surface area contributed by atoms with Gasteiger partial charge in [0, 0.05) is 0 Å². The molecule has 4 aromatic carbocycles. The van der Waals surface area contributed by atoms with Crippen LogP contribution in [0.3, 0.4) is 0 Å². The van der Waals surface area contributed by atoms with Crippen LogP contribution in [-0.4, -0.2) is 14.3 Å². The fourth-order valence-electron chi connectivity index (χ4n) is 4.43. The molecule has 0 bridgehead atoms. The van der Waals surface area contributed by atoms with Crippen molar-refractivity contribution in [2.45, 2.75) is 45.2 Å². The molecule has 0 saturated carbocycles. The van der Waals surface area contributed by atoms with Gasteiger partial charge in [-0.3, -0.25) is 9.10 Å². The summed E-state index contributed by atoms with van der Waals surface area (Å²) in [6.45, 7) is 7.99. The molecule has 0 unspecified atom stereocenters. The van der Waals surface area contributed by atoms with Gasteiger partial charge in [-0.25, -0.2) is 8.42 Å². The molecule has 0 aliphatic carbocycles. The average molecular weight is 513 g/mol.